The fourth-order valence-corrected chi connectivity index (χ4v) is 1.72. The normalized spacial score (nSPS) is 10.2. The van der Waals surface area contributed by atoms with Gasteiger partial charge in [-0.25, -0.2) is 0 Å². The Morgan fingerprint density at radius 3 is 2.58 bits per heavy atom. The van der Waals surface area contributed by atoms with Crippen LogP contribution in [0.4, 0.5) is 5.69 Å². The first-order valence-electron chi connectivity index (χ1n) is 5.92. The number of rotatable bonds is 5. The summed E-state index contributed by atoms with van der Waals surface area (Å²) in [7, 11) is 3.27. The SMILES string of the molecule is COCc1cccc(Oc2cc(OC)ccc2N)c1. The van der Waals surface area contributed by atoms with E-state index in [1.807, 2.05) is 24.3 Å². The van der Waals surface area contributed by atoms with Gasteiger partial charge in [0, 0.05) is 13.2 Å². The highest BCUT2D eigenvalue weighted by molar-refractivity contribution is 5.57. The van der Waals surface area contributed by atoms with E-state index in [0.29, 0.717) is 23.8 Å². The molecule has 0 aliphatic rings. The molecule has 0 aromatic heterocycles. The van der Waals surface area contributed by atoms with Crippen molar-refractivity contribution in [3.05, 3.63) is 48.0 Å². The summed E-state index contributed by atoms with van der Waals surface area (Å²) in [6.45, 7) is 0.546. The Hall–Kier alpha value is -2.20. The van der Waals surface area contributed by atoms with Gasteiger partial charge in [0.1, 0.15) is 11.5 Å². The van der Waals surface area contributed by atoms with Gasteiger partial charge in [0.05, 0.1) is 19.4 Å². The molecule has 0 heterocycles. The lowest BCUT2D eigenvalue weighted by molar-refractivity contribution is 0.184. The Labute approximate surface area is 112 Å². The van der Waals surface area contributed by atoms with E-state index in [1.165, 1.54) is 0 Å². The quantitative estimate of drug-likeness (QED) is 0.838. The van der Waals surface area contributed by atoms with Crippen LogP contribution in [-0.4, -0.2) is 14.2 Å². The van der Waals surface area contributed by atoms with Crippen LogP contribution < -0.4 is 15.2 Å². The molecule has 2 aromatic carbocycles. The Morgan fingerprint density at radius 2 is 1.84 bits per heavy atom. The van der Waals surface area contributed by atoms with Gasteiger partial charge in [0.2, 0.25) is 0 Å². The molecular weight excluding hydrogens is 242 g/mol. The van der Waals surface area contributed by atoms with E-state index in [4.69, 9.17) is 19.9 Å². The molecule has 0 radical (unpaired) electrons. The average Bonchev–Trinajstić information content (AvgIpc) is 2.42. The lowest BCUT2D eigenvalue weighted by atomic mass is 10.2. The number of methoxy groups -OCH3 is 2. The van der Waals surface area contributed by atoms with Crippen molar-refractivity contribution >= 4 is 5.69 Å². The highest BCUT2D eigenvalue weighted by atomic mass is 16.5. The minimum atomic E-state index is 0.546. The molecule has 2 N–H and O–H groups in total. The van der Waals surface area contributed by atoms with Crippen molar-refractivity contribution in [3.8, 4) is 17.2 Å². The summed E-state index contributed by atoms with van der Waals surface area (Å²) in [5, 5.41) is 0. The van der Waals surface area contributed by atoms with E-state index in [2.05, 4.69) is 0 Å². The maximum absolute atomic E-state index is 5.88. The summed E-state index contributed by atoms with van der Waals surface area (Å²) in [5.74, 6) is 2.00. The van der Waals surface area contributed by atoms with Crippen LogP contribution in [0.15, 0.2) is 42.5 Å². The molecule has 0 fully saturated rings. The van der Waals surface area contributed by atoms with Crippen molar-refractivity contribution in [1.82, 2.24) is 0 Å². The Bertz CT molecular complexity index is 555. The van der Waals surface area contributed by atoms with Gasteiger partial charge in [-0.1, -0.05) is 12.1 Å². The van der Waals surface area contributed by atoms with Crippen molar-refractivity contribution < 1.29 is 14.2 Å². The Balaban J connectivity index is 2.22. The van der Waals surface area contributed by atoms with Gasteiger partial charge >= 0.3 is 0 Å². The zero-order chi connectivity index (χ0) is 13.7. The van der Waals surface area contributed by atoms with Gasteiger partial charge in [-0.05, 0) is 29.8 Å². The van der Waals surface area contributed by atoms with Crippen LogP contribution in [0, 0.1) is 0 Å². The fraction of sp³-hybridized carbons (Fsp3) is 0.200. The molecule has 100 valence electrons. The summed E-state index contributed by atoms with van der Waals surface area (Å²) in [6.07, 6.45) is 0. The van der Waals surface area contributed by atoms with Crippen LogP contribution in [-0.2, 0) is 11.3 Å². The molecule has 0 aliphatic heterocycles. The van der Waals surface area contributed by atoms with E-state index in [1.54, 1.807) is 32.4 Å². The van der Waals surface area contributed by atoms with E-state index < -0.39 is 0 Å². The summed E-state index contributed by atoms with van der Waals surface area (Å²) in [4.78, 5) is 0. The average molecular weight is 259 g/mol. The molecule has 0 spiro atoms. The predicted octanol–water partition coefficient (Wildman–Crippen LogP) is 3.22. The first kappa shape index (κ1) is 13.2. The van der Waals surface area contributed by atoms with Gasteiger partial charge in [-0.2, -0.15) is 0 Å². The van der Waals surface area contributed by atoms with Crippen molar-refractivity contribution in [2.75, 3.05) is 20.0 Å². The molecule has 2 aromatic rings. The second-order valence-corrected chi connectivity index (χ2v) is 4.09. The summed E-state index contributed by atoms with van der Waals surface area (Å²) < 4.78 is 16.0. The molecule has 0 amide bonds. The van der Waals surface area contributed by atoms with Crippen LogP contribution in [0.1, 0.15) is 5.56 Å². The minimum Gasteiger partial charge on any atom is -0.497 e. The predicted molar refractivity (Wildman–Crippen MR) is 74.6 cm³/mol. The molecule has 19 heavy (non-hydrogen) atoms. The second-order valence-electron chi connectivity index (χ2n) is 4.09. The fourth-order valence-electron chi connectivity index (χ4n) is 1.72. The smallest absolute Gasteiger partial charge is 0.153 e. The van der Waals surface area contributed by atoms with E-state index in [-0.39, 0.29) is 0 Å². The standard InChI is InChI=1S/C15H17NO3/c1-17-10-11-4-3-5-13(8-11)19-15-9-12(18-2)6-7-14(15)16/h3-9H,10,16H2,1-2H3. The van der Waals surface area contributed by atoms with Gasteiger partial charge in [-0.15, -0.1) is 0 Å². The maximum Gasteiger partial charge on any atom is 0.153 e. The molecule has 0 atom stereocenters. The van der Waals surface area contributed by atoms with Crippen molar-refractivity contribution in [1.29, 1.82) is 0 Å². The zero-order valence-corrected chi connectivity index (χ0v) is 11.1. The van der Waals surface area contributed by atoms with Crippen LogP contribution in [0.2, 0.25) is 0 Å². The van der Waals surface area contributed by atoms with Gasteiger partial charge in [0.15, 0.2) is 5.75 Å². The zero-order valence-electron chi connectivity index (χ0n) is 11.1. The third-order valence-corrected chi connectivity index (χ3v) is 2.66. The first-order chi connectivity index (χ1) is 9.22. The second kappa shape index (κ2) is 6.11. The number of ether oxygens (including phenoxy) is 3. The molecule has 0 aliphatic carbocycles. The molecule has 2 rings (SSSR count). The third-order valence-electron chi connectivity index (χ3n) is 2.66. The van der Waals surface area contributed by atoms with E-state index in [9.17, 15) is 0 Å². The molecular formula is C15H17NO3. The number of anilines is 1. The van der Waals surface area contributed by atoms with Gasteiger partial charge in [0.25, 0.3) is 0 Å². The molecule has 0 unspecified atom stereocenters. The topological polar surface area (TPSA) is 53.7 Å². The lowest BCUT2D eigenvalue weighted by Crippen LogP contribution is -1.94. The monoisotopic (exact) mass is 259 g/mol. The number of nitrogens with two attached hydrogens (primary N) is 1. The Morgan fingerprint density at radius 1 is 1.00 bits per heavy atom. The summed E-state index contributed by atoms with van der Waals surface area (Å²) >= 11 is 0. The van der Waals surface area contributed by atoms with Crippen LogP contribution in [0.25, 0.3) is 0 Å². The molecule has 4 nitrogen and oxygen atoms in total. The number of nitrogen functional groups attached to an aromatic ring is 1. The summed E-state index contributed by atoms with van der Waals surface area (Å²) in [5.41, 5.74) is 7.49. The van der Waals surface area contributed by atoms with Gasteiger partial charge < -0.3 is 19.9 Å². The van der Waals surface area contributed by atoms with Crippen LogP contribution in [0.5, 0.6) is 17.2 Å². The molecule has 0 bridgehead atoms. The van der Waals surface area contributed by atoms with Crippen LogP contribution >= 0.6 is 0 Å². The molecule has 0 saturated heterocycles. The first-order valence-corrected chi connectivity index (χ1v) is 5.92. The lowest BCUT2D eigenvalue weighted by Gasteiger charge is -2.11. The number of hydrogen-bond donors (Lipinski definition) is 1. The maximum atomic E-state index is 5.88. The number of benzene rings is 2. The minimum absolute atomic E-state index is 0.546. The third kappa shape index (κ3) is 3.39. The highest BCUT2D eigenvalue weighted by Crippen LogP contribution is 2.31. The van der Waals surface area contributed by atoms with Crippen LogP contribution in [0.3, 0.4) is 0 Å². The van der Waals surface area contributed by atoms with Crippen molar-refractivity contribution in [3.63, 3.8) is 0 Å². The van der Waals surface area contributed by atoms with Crippen molar-refractivity contribution in [2.24, 2.45) is 0 Å². The number of hydrogen-bond acceptors (Lipinski definition) is 4. The Kier molecular flexibility index (Phi) is 4.26. The van der Waals surface area contributed by atoms with Crippen molar-refractivity contribution in [2.45, 2.75) is 6.61 Å². The highest BCUT2D eigenvalue weighted by Gasteiger charge is 2.05. The van der Waals surface area contributed by atoms with E-state index >= 15 is 0 Å². The largest absolute Gasteiger partial charge is 0.497 e. The molecule has 4 heteroatoms. The van der Waals surface area contributed by atoms with E-state index in [0.717, 1.165) is 11.3 Å². The molecule has 0 saturated carbocycles. The van der Waals surface area contributed by atoms with Gasteiger partial charge in [-0.3, -0.25) is 0 Å². The summed E-state index contributed by atoms with van der Waals surface area (Å²) in [6, 6.07) is 13.0.